The molecule has 254 valence electrons. The van der Waals surface area contributed by atoms with Gasteiger partial charge in [0, 0.05) is 34.0 Å². The number of hydrogen-bond acceptors (Lipinski definition) is 8. The summed E-state index contributed by atoms with van der Waals surface area (Å²) in [4.78, 5) is 5.10. The first-order chi connectivity index (χ1) is 24.4. The topological polar surface area (TPSA) is 111 Å². The largest absolute Gasteiger partial charge is 0.431 e. The summed E-state index contributed by atoms with van der Waals surface area (Å²) in [6.45, 7) is 2.04. The summed E-state index contributed by atoms with van der Waals surface area (Å²) < 4.78 is 48.5. The summed E-state index contributed by atoms with van der Waals surface area (Å²) in [6.07, 6.45) is -1.43. The number of sulfonamides is 1. The molecule has 0 spiro atoms. The van der Waals surface area contributed by atoms with Crippen molar-refractivity contribution >= 4 is 27.5 Å². The van der Waals surface area contributed by atoms with Crippen molar-refractivity contribution in [1.29, 1.82) is 0 Å². The summed E-state index contributed by atoms with van der Waals surface area (Å²) in [5, 5.41) is 10.2. The van der Waals surface area contributed by atoms with Crippen LogP contribution < -0.4 is 4.72 Å². The minimum atomic E-state index is -3.79. The molecule has 50 heavy (non-hydrogen) atoms. The smallest absolute Gasteiger partial charge is 0.261 e. The Bertz CT molecular complexity index is 2070. The van der Waals surface area contributed by atoms with E-state index >= 15 is 0 Å². The lowest BCUT2D eigenvalue weighted by atomic mass is 9.91. The lowest BCUT2D eigenvalue weighted by molar-refractivity contribution is -0.268. The fraction of sp³-hybridized carbons (Fsp3) is 0.175. The normalized spacial score (nSPS) is 19.2. The van der Waals surface area contributed by atoms with E-state index in [0.717, 1.165) is 27.9 Å². The van der Waals surface area contributed by atoms with E-state index in [4.69, 9.17) is 18.9 Å². The maximum Gasteiger partial charge on any atom is 0.261 e. The molecule has 5 aromatic carbocycles. The highest BCUT2D eigenvalue weighted by Crippen LogP contribution is 2.44. The second kappa shape index (κ2) is 15.0. The molecule has 0 bridgehead atoms. The molecule has 2 N–H and O–H groups in total. The van der Waals surface area contributed by atoms with Gasteiger partial charge in [-0.2, -0.15) is 0 Å². The Hall–Kier alpha value is -4.71. The minimum absolute atomic E-state index is 0.0515. The van der Waals surface area contributed by atoms with Crippen LogP contribution in [0.25, 0.3) is 22.6 Å². The molecule has 1 aromatic heterocycles. The Morgan fingerprint density at radius 1 is 0.760 bits per heavy atom. The summed E-state index contributed by atoms with van der Waals surface area (Å²) in [6, 6.07) is 43.0. The molecule has 0 amide bonds. The van der Waals surface area contributed by atoms with Crippen molar-refractivity contribution in [3.8, 4) is 22.6 Å². The molecule has 0 aliphatic carbocycles. The molecule has 1 saturated heterocycles. The Morgan fingerprint density at radius 3 is 2.10 bits per heavy atom. The highest BCUT2D eigenvalue weighted by atomic mass is 32.2. The molecular formula is C40H36N2O6S2. The molecule has 8 nitrogen and oxygen atoms in total. The van der Waals surface area contributed by atoms with Crippen molar-refractivity contribution < 1.29 is 27.4 Å². The first-order valence-electron chi connectivity index (χ1n) is 16.3. The van der Waals surface area contributed by atoms with Crippen molar-refractivity contribution in [2.75, 3.05) is 10.5 Å². The van der Waals surface area contributed by atoms with E-state index in [0.29, 0.717) is 28.0 Å². The van der Waals surface area contributed by atoms with Crippen molar-refractivity contribution in [2.45, 2.75) is 42.1 Å². The van der Waals surface area contributed by atoms with Crippen molar-refractivity contribution in [3.63, 3.8) is 0 Å². The zero-order valence-electron chi connectivity index (χ0n) is 27.3. The van der Waals surface area contributed by atoms with Gasteiger partial charge < -0.3 is 19.0 Å². The molecule has 4 atom stereocenters. The summed E-state index contributed by atoms with van der Waals surface area (Å²) in [5.41, 5.74) is 5.51. The Balaban J connectivity index is 1.17. The van der Waals surface area contributed by atoms with Crippen LogP contribution in [0.15, 0.2) is 154 Å². The van der Waals surface area contributed by atoms with Crippen LogP contribution in [0.4, 0.5) is 5.69 Å². The third kappa shape index (κ3) is 7.55. The maximum absolute atomic E-state index is 13.1. The number of ether oxygens (including phenoxy) is 2. The fourth-order valence-corrected chi connectivity index (χ4v) is 8.02. The maximum atomic E-state index is 13.1. The third-order valence-corrected chi connectivity index (χ3v) is 11.0. The SMILES string of the molecule is CC1C(CSc2nc(-c3ccccc3)c(-c3ccccc3)o2)OC(c2cccc(NS(=O)(=O)c3ccccc3)c2)OC1c1ccc(CO)cc1. The molecule has 1 aliphatic heterocycles. The van der Waals surface area contributed by atoms with Crippen LogP contribution in [0, 0.1) is 5.92 Å². The second-order valence-electron chi connectivity index (χ2n) is 12.1. The molecule has 0 saturated carbocycles. The van der Waals surface area contributed by atoms with Gasteiger partial charge in [-0.05, 0) is 35.4 Å². The third-order valence-electron chi connectivity index (χ3n) is 8.65. The van der Waals surface area contributed by atoms with Gasteiger partial charge >= 0.3 is 0 Å². The number of rotatable bonds is 11. The molecule has 10 heteroatoms. The molecule has 0 radical (unpaired) electrons. The van der Waals surface area contributed by atoms with Gasteiger partial charge in [-0.1, -0.05) is 134 Å². The van der Waals surface area contributed by atoms with Crippen molar-refractivity contribution in [1.82, 2.24) is 4.98 Å². The highest BCUT2D eigenvalue weighted by Gasteiger charge is 2.39. The van der Waals surface area contributed by atoms with E-state index in [2.05, 4.69) is 11.6 Å². The van der Waals surface area contributed by atoms with E-state index in [1.807, 2.05) is 91.0 Å². The number of benzene rings is 5. The average molecular weight is 705 g/mol. The van der Waals surface area contributed by atoms with Crippen molar-refractivity contribution in [2.24, 2.45) is 5.92 Å². The van der Waals surface area contributed by atoms with Gasteiger partial charge in [0.25, 0.3) is 15.2 Å². The fourth-order valence-electron chi connectivity index (χ4n) is 5.96. The van der Waals surface area contributed by atoms with Crippen LogP contribution in [0.5, 0.6) is 0 Å². The van der Waals surface area contributed by atoms with Crippen LogP contribution >= 0.6 is 11.8 Å². The lowest BCUT2D eigenvalue weighted by Gasteiger charge is -2.41. The summed E-state index contributed by atoms with van der Waals surface area (Å²) >= 11 is 1.48. The Kier molecular flexibility index (Phi) is 10.2. The predicted molar refractivity (Wildman–Crippen MR) is 195 cm³/mol. The van der Waals surface area contributed by atoms with E-state index in [1.165, 1.54) is 11.8 Å². The van der Waals surface area contributed by atoms with Gasteiger partial charge in [0.2, 0.25) is 0 Å². The lowest BCUT2D eigenvalue weighted by Crippen LogP contribution is -2.38. The van der Waals surface area contributed by atoms with Gasteiger partial charge in [0.05, 0.1) is 23.7 Å². The number of aliphatic hydroxyl groups is 1. The number of hydrogen-bond donors (Lipinski definition) is 2. The first kappa shape index (κ1) is 33.8. The summed E-state index contributed by atoms with van der Waals surface area (Å²) in [5.74, 6) is 1.15. The average Bonchev–Trinajstić information content (AvgIpc) is 3.60. The Labute approximate surface area is 296 Å². The number of nitrogens with one attached hydrogen (secondary N) is 1. The van der Waals surface area contributed by atoms with E-state index < -0.39 is 16.3 Å². The standard InChI is InChI=1S/C40H36N2O6S2/c1-27-35(26-49-40-41-36(29-12-5-2-6-13-29)38(48-40)30-14-7-3-8-15-30)46-39(47-37(27)31-22-20-28(25-43)21-23-31)32-16-11-17-33(24-32)42-50(44,45)34-18-9-4-10-19-34/h2-24,27,35,37,39,42-43H,25-26H2,1H3. The second-order valence-corrected chi connectivity index (χ2v) is 14.7. The van der Waals surface area contributed by atoms with Crippen LogP contribution in [0.1, 0.15) is 36.0 Å². The van der Waals surface area contributed by atoms with Crippen molar-refractivity contribution in [3.05, 3.63) is 156 Å². The quantitative estimate of drug-likeness (QED) is 0.129. The number of nitrogens with zero attached hydrogens (tertiary/aromatic N) is 1. The molecule has 4 unspecified atom stereocenters. The molecular weight excluding hydrogens is 669 g/mol. The zero-order chi connectivity index (χ0) is 34.5. The molecule has 1 aliphatic rings. The van der Waals surface area contributed by atoms with Crippen LogP contribution in [0.3, 0.4) is 0 Å². The molecule has 6 aromatic rings. The number of anilines is 1. The van der Waals surface area contributed by atoms with E-state index in [9.17, 15) is 13.5 Å². The van der Waals surface area contributed by atoms with Gasteiger partial charge in [0.1, 0.15) is 5.69 Å². The van der Waals surface area contributed by atoms with Crippen LogP contribution in [-0.4, -0.2) is 30.4 Å². The van der Waals surface area contributed by atoms with Gasteiger partial charge in [-0.3, -0.25) is 4.72 Å². The number of oxazole rings is 1. The minimum Gasteiger partial charge on any atom is -0.431 e. The van der Waals surface area contributed by atoms with E-state index in [-0.39, 0.29) is 29.6 Å². The Morgan fingerprint density at radius 2 is 1.42 bits per heavy atom. The number of aromatic nitrogens is 1. The number of thioether (sulfide) groups is 1. The predicted octanol–water partition coefficient (Wildman–Crippen LogP) is 8.89. The van der Waals surface area contributed by atoms with Gasteiger partial charge in [0.15, 0.2) is 12.1 Å². The van der Waals surface area contributed by atoms with Crippen LogP contribution in [-0.2, 0) is 26.1 Å². The highest BCUT2D eigenvalue weighted by molar-refractivity contribution is 7.99. The zero-order valence-corrected chi connectivity index (χ0v) is 28.9. The molecule has 1 fully saturated rings. The number of aliphatic hydroxyl groups excluding tert-OH is 1. The first-order valence-corrected chi connectivity index (χ1v) is 18.8. The molecule has 2 heterocycles. The van der Waals surface area contributed by atoms with Gasteiger partial charge in [-0.25, -0.2) is 13.4 Å². The van der Waals surface area contributed by atoms with Crippen LogP contribution in [0.2, 0.25) is 0 Å². The monoisotopic (exact) mass is 704 g/mol. The summed E-state index contributed by atoms with van der Waals surface area (Å²) in [7, 11) is -3.79. The van der Waals surface area contributed by atoms with E-state index in [1.54, 1.807) is 48.5 Å². The van der Waals surface area contributed by atoms with Gasteiger partial charge in [-0.15, -0.1) is 0 Å². The molecule has 7 rings (SSSR count).